The molecule has 3 heterocycles. The molecule has 0 saturated carbocycles. The van der Waals surface area contributed by atoms with Crippen molar-refractivity contribution in [3.05, 3.63) is 99.3 Å². The maximum absolute atomic E-state index is 12.8. The third kappa shape index (κ3) is 4.00. The van der Waals surface area contributed by atoms with Crippen molar-refractivity contribution in [3.8, 4) is 34.7 Å². The predicted octanol–water partition coefficient (Wildman–Crippen LogP) is 4.02. The fourth-order valence-corrected chi connectivity index (χ4v) is 4.12. The van der Waals surface area contributed by atoms with Crippen molar-refractivity contribution in [2.75, 3.05) is 7.11 Å². The van der Waals surface area contributed by atoms with E-state index >= 15 is 0 Å². The van der Waals surface area contributed by atoms with Crippen LogP contribution in [0.15, 0.2) is 76.7 Å². The number of para-hydroxylation sites is 1. The number of nitro benzene ring substituents is 1. The zero-order valence-corrected chi connectivity index (χ0v) is 19.1. The molecule has 1 atom stereocenters. The minimum atomic E-state index is -0.934. The summed E-state index contributed by atoms with van der Waals surface area (Å²) in [6.45, 7) is 0. The number of aromatic amines is 1. The number of furan rings is 1. The van der Waals surface area contributed by atoms with E-state index in [2.05, 4.69) is 16.3 Å². The number of aromatic nitrogens is 2. The Balaban J connectivity index is 1.72. The number of non-ortho nitro benzene ring substituents is 1. The molecule has 0 radical (unpaired) electrons. The Morgan fingerprint density at radius 3 is 2.76 bits per heavy atom. The summed E-state index contributed by atoms with van der Waals surface area (Å²) in [6, 6.07) is 15.8. The maximum atomic E-state index is 12.8. The second kappa shape index (κ2) is 9.23. The molecule has 4 aromatic rings. The molecule has 2 aromatic heterocycles. The number of benzene rings is 2. The molecular weight excluding hydrogens is 482 g/mol. The van der Waals surface area contributed by atoms with Gasteiger partial charge < -0.3 is 24.4 Å². The zero-order chi connectivity index (χ0) is 26.1. The van der Waals surface area contributed by atoms with Crippen molar-refractivity contribution in [3.63, 3.8) is 0 Å². The fraction of sp³-hybridized carbons (Fsp3) is 0.0800. The minimum absolute atomic E-state index is 0.0177. The van der Waals surface area contributed by atoms with Crippen LogP contribution in [0.5, 0.6) is 17.4 Å². The maximum Gasteiger partial charge on any atom is 0.379 e. The number of carbonyl (C=O) groups is 1. The molecule has 0 amide bonds. The number of nitrogens with two attached hydrogens (primary N) is 1. The van der Waals surface area contributed by atoms with Gasteiger partial charge in [-0.25, -0.2) is 4.79 Å². The summed E-state index contributed by atoms with van der Waals surface area (Å²) in [6.07, 6.45) is 1.33. The third-order valence-electron chi connectivity index (χ3n) is 5.74. The summed E-state index contributed by atoms with van der Waals surface area (Å²) in [5.74, 6) is -1.66. The summed E-state index contributed by atoms with van der Waals surface area (Å²) in [4.78, 5) is 23.7. The Kier molecular flexibility index (Phi) is 5.79. The Morgan fingerprint density at radius 2 is 2.05 bits per heavy atom. The van der Waals surface area contributed by atoms with E-state index in [-0.39, 0.29) is 40.3 Å². The standard InChI is InChI=1S/C25H17N5O7/c1-34-17-8-3-7-15(22(17)36-25(31)18-9-4-10-35-18)19-16(12-26)23(27)37-24-20(19)21(28-29-24)13-5-2-6-14(11-13)30(32)33/h2-11,19H,27H2,1H3,(H,28,29)/t19-/m0/s1. The quantitative estimate of drug-likeness (QED) is 0.170. The minimum Gasteiger partial charge on any atom is -0.493 e. The molecule has 184 valence electrons. The number of hydrogen-bond donors (Lipinski definition) is 2. The number of fused-ring (bicyclic) bond motifs is 1. The predicted molar refractivity (Wildman–Crippen MR) is 127 cm³/mol. The van der Waals surface area contributed by atoms with Gasteiger partial charge in [0, 0.05) is 23.3 Å². The van der Waals surface area contributed by atoms with Crippen LogP contribution < -0.4 is 19.9 Å². The number of rotatable bonds is 6. The highest BCUT2D eigenvalue weighted by Gasteiger charge is 2.38. The molecule has 12 heteroatoms. The number of nitriles is 1. The average molecular weight is 499 g/mol. The van der Waals surface area contributed by atoms with Crippen LogP contribution in [-0.4, -0.2) is 28.2 Å². The second-order valence-electron chi connectivity index (χ2n) is 7.80. The number of nitro groups is 1. The topological polar surface area (TPSA) is 180 Å². The first kappa shape index (κ1) is 23.2. The zero-order valence-electron chi connectivity index (χ0n) is 19.1. The van der Waals surface area contributed by atoms with E-state index in [4.69, 9.17) is 24.4 Å². The van der Waals surface area contributed by atoms with Gasteiger partial charge in [0.25, 0.3) is 5.69 Å². The van der Waals surface area contributed by atoms with E-state index in [1.165, 1.54) is 37.6 Å². The molecule has 1 aliphatic heterocycles. The number of hydrogen-bond acceptors (Lipinski definition) is 10. The summed E-state index contributed by atoms with van der Waals surface area (Å²) in [5.41, 5.74) is 7.45. The molecule has 0 bridgehead atoms. The summed E-state index contributed by atoms with van der Waals surface area (Å²) in [7, 11) is 1.40. The van der Waals surface area contributed by atoms with E-state index in [0.717, 1.165) is 0 Å². The van der Waals surface area contributed by atoms with Gasteiger partial charge in [-0.2, -0.15) is 5.26 Å². The lowest BCUT2D eigenvalue weighted by Crippen LogP contribution is -2.22. The number of nitrogens with zero attached hydrogens (tertiary/aromatic N) is 3. The Morgan fingerprint density at radius 1 is 1.24 bits per heavy atom. The van der Waals surface area contributed by atoms with Gasteiger partial charge in [0.1, 0.15) is 11.6 Å². The number of ether oxygens (including phenoxy) is 3. The average Bonchev–Trinajstić information content (AvgIpc) is 3.59. The fourth-order valence-electron chi connectivity index (χ4n) is 4.12. The van der Waals surface area contributed by atoms with Gasteiger partial charge in [0.05, 0.1) is 35.5 Å². The van der Waals surface area contributed by atoms with Crippen LogP contribution in [0.3, 0.4) is 0 Å². The highest BCUT2D eigenvalue weighted by Crippen LogP contribution is 2.50. The first-order valence-corrected chi connectivity index (χ1v) is 10.8. The Labute approximate surface area is 208 Å². The lowest BCUT2D eigenvalue weighted by molar-refractivity contribution is -0.384. The van der Waals surface area contributed by atoms with Crippen molar-refractivity contribution in [1.29, 1.82) is 5.26 Å². The highest BCUT2D eigenvalue weighted by atomic mass is 16.6. The van der Waals surface area contributed by atoms with E-state index in [1.54, 1.807) is 30.3 Å². The molecule has 5 rings (SSSR count). The van der Waals surface area contributed by atoms with Crippen molar-refractivity contribution in [2.45, 2.75) is 5.92 Å². The first-order chi connectivity index (χ1) is 17.9. The van der Waals surface area contributed by atoms with Crippen LogP contribution in [0.2, 0.25) is 0 Å². The van der Waals surface area contributed by atoms with Crippen molar-refractivity contribution in [2.24, 2.45) is 5.73 Å². The molecule has 0 saturated heterocycles. The van der Waals surface area contributed by atoms with Crippen LogP contribution in [0, 0.1) is 21.4 Å². The van der Waals surface area contributed by atoms with E-state index < -0.39 is 16.8 Å². The van der Waals surface area contributed by atoms with Crippen LogP contribution in [0.25, 0.3) is 11.3 Å². The molecular formula is C25H17N5O7. The molecule has 0 aliphatic carbocycles. The Hall–Kier alpha value is -5.57. The van der Waals surface area contributed by atoms with Gasteiger partial charge in [-0.1, -0.05) is 24.3 Å². The van der Waals surface area contributed by atoms with Crippen molar-refractivity contribution < 1.29 is 28.3 Å². The molecule has 0 unspecified atom stereocenters. The number of carbonyl (C=O) groups excluding carboxylic acids is 1. The third-order valence-corrected chi connectivity index (χ3v) is 5.74. The number of allylic oxidation sites excluding steroid dienone is 1. The van der Waals surface area contributed by atoms with Gasteiger partial charge in [0.2, 0.25) is 17.5 Å². The number of methoxy groups -OCH3 is 1. The Bertz CT molecular complexity index is 1600. The summed E-state index contributed by atoms with van der Waals surface area (Å²) in [5, 5.41) is 28.4. The number of nitrogens with one attached hydrogen (secondary N) is 1. The van der Waals surface area contributed by atoms with Gasteiger partial charge in [0.15, 0.2) is 11.5 Å². The second-order valence-corrected chi connectivity index (χ2v) is 7.80. The molecule has 1 aliphatic rings. The molecule has 12 nitrogen and oxygen atoms in total. The SMILES string of the molecule is COc1cccc([C@H]2C(C#N)=C(N)Oc3n[nH]c(-c4cccc([N+](=O)[O-])c4)c32)c1OC(=O)c1ccco1. The lowest BCUT2D eigenvalue weighted by Gasteiger charge is -2.26. The van der Waals surface area contributed by atoms with Crippen LogP contribution in [-0.2, 0) is 0 Å². The van der Waals surface area contributed by atoms with Gasteiger partial charge in [-0.05, 0) is 18.2 Å². The lowest BCUT2D eigenvalue weighted by atomic mass is 9.82. The highest BCUT2D eigenvalue weighted by molar-refractivity contribution is 5.89. The normalized spacial score (nSPS) is 14.3. The van der Waals surface area contributed by atoms with Gasteiger partial charge in [-0.15, -0.1) is 5.10 Å². The molecule has 3 N–H and O–H groups in total. The number of H-pyrrole nitrogens is 1. The smallest absolute Gasteiger partial charge is 0.379 e. The molecule has 37 heavy (non-hydrogen) atoms. The van der Waals surface area contributed by atoms with Crippen LogP contribution >= 0.6 is 0 Å². The summed E-state index contributed by atoms with van der Waals surface area (Å²) < 4.78 is 21.9. The summed E-state index contributed by atoms with van der Waals surface area (Å²) >= 11 is 0. The number of esters is 1. The monoisotopic (exact) mass is 499 g/mol. The largest absolute Gasteiger partial charge is 0.493 e. The van der Waals surface area contributed by atoms with Crippen molar-refractivity contribution in [1.82, 2.24) is 10.2 Å². The molecule has 0 fully saturated rings. The van der Waals surface area contributed by atoms with Crippen LogP contribution in [0.4, 0.5) is 5.69 Å². The molecule has 2 aromatic carbocycles. The van der Waals surface area contributed by atoms with E-state index in [9.17, 15) is 20.2 Å². The van der Waals surface area contributed by atoms with Gasteiger partial charge >= 0.3 is 5.97 Å². The molecule has 0 spiro atoms. The van der Waals surface area contributed by atoms with E-state index in [1.807, 2.05) is 0 Å². The van der Waals surface area contributed by atoms with Crippen molar-refractivity contribution >= 4 is 11.7 Å². The first-order valence-electron chi connectivity index (χ1n) is 10.8. The van der Waals surface area contributed by atoms with Gasteiger partial charge in [-0.3, -0.25) is 15.2 Å². The van der Waals surface area contributed by atoms with Crippen LogP contribution in [0.1, 0.15) is 27.6 Å². The van der Waals surface area contributed by atoms with E-state index in [0.29, 0.717) is 22.4 Å².